The molecule has 1 aliphatic rings. The van der Waals surface area contributed by atoms with Gasteiger partial charge in [-0.25, -0.2) is 8.42 Å². The van der Waals surface area contributed by atoms with Crippen LogP contribution in [0.15, 0.2) is 0 Å². The number of hydrogen-bond acceptors (Lipinski definition) is 3. The fourth-order valence-corrected chi connectivity index (χ4v) is 2.96. The smallest absolute Gasteiger partial charge is 0.211 e. The molecule has 14 heavy (non-hydrogen) atoms. The normalized spacial score (nSPS) is 22.4. The Balaban J connectivity index is 0.00000169. The molecule has 0 bridgehead atoms. The van der Waals surface area contributed by atoms with Gasteiger partial charge < -0.3 is 5.32 Å². The highest BCUT2D eigenvalue weighted by Gasteiger charge is 2.27. The molecule has 1 N–H and O–H groups in total. The fraction of sp³-hybridized carbons (Fsp3) is 1.00. The number of nitrogens with one attached hydrogen (secondary N) is 1. The van der Waals surface area contributed by atoms with Crippen molar-refractivity contribution < 1.29 is 8.42 Å². The number of sulfonamides is 1. The predicted octanol–water partition coefficient (Wildman–Crippen LogP) is 0.442. The molecule has 0 amide bonds. The molecule has 0 spiro atoms. The molecule has 0 aromatic carbocycles. The van der Waals surface area contributed by atoms with Crippen molar-refractivity contribution in [1.29, 1.82) is 0 Å². The summed E-state index contributed by atoms with van der Waals surface area (Å²) in [5, 5.41) is 3.18. The maximum absolute atomic E-state index is 11.4. The Hall–Kier alpha value is 0.160. The van der Waals surface area contributed by atoms with E-state index in [9.17, 15) is 8.42 Å². The predicted molar refractivity (Wildman–Crippen MR) is 60.4 cm³/mol. The van der Waals surface area contributed by atoms with E-state index in [4.69, 9.17) is 0 Å². The first kappa shape index (κ1) is 14.2. The largest absolute Gasteiger partial charge is 0.315 e. The Kier molecular flexibility index (Phi) is 5.97. The molecule has 1 heterocycles. The van der Waals surface area contributed by atoms with Gasteiger partial charge in [0.25, 0.3) is 0 Å². The van der Waals surface area contributed by atoms with Gasteiger partial charge in [0, 0.05) is 19.1 Å². The minimum Gasteiger partial charge on any atom is -0.315 e. The SMILES string of the molecule is CCCN(C1CCNC1)S(C)(=O)=O.Cl. The standard InChI is InChI=1S/C8H18N2O2S.ClH/c1-3-6-10(13(2,11)12)8-4-5-9-7-8;/h8-9H,3-7H2,1-2H3;1H. The Morgan fingerprint density at radius 1 is 1.50 bits per heavy atom. The summed E-state index contributed by atoms with van der Waals surface area (Å²) in [5.74, 6) is 0. The zero-order chi connectivity index (χ0) is 9.90. The van der Waals surface area contributed by atoms with E-state index in [1.165, 1.54) is 6.26 Å². The first-order chi connectivity index (χ1) is 6.05. The van der Waals surface area contributed by atoms with E-state index in [1.807, 2.05) is 6.92 Å². The van der Waals surface area contributed by atoms with E-state index in [0.29, 0.717) is 6.54 Å². The summed E-state index contributed by atoms with van der Waals surface area (Å²) in [6.45, 7) is 4.37. The van der Waals surface area contributed by atoms with E-state index in [-0.39, 0.29) is 18.4 Å². The van der Waals surface area contributed by atoms with Gasteiger partial charge in [0.05, 0.1) is 6.26 Å². The Morgan fingerprint density at radius 3 is 2.50 bits per heavy atom. The van der Waals surface area contributed by atoms with Crippen LogP contribution >= 0.6 is 12.4 Å². The Morgan fingerprint density at radius 2 is 2.14 bits per heavy atom. The molecule has 1 unspecified atom stereocenters. The molecule has 0 aromatic heterocycles. The van der Waals surface area contributed by atoms with Gasteiger partial charge in [0.15, 0.2) is 0 Å². The molecule has 0 radical (unpaired) electrons. The van der Waals surface area contributed by atoms with Crippen LogP contribution in [-0.2, 0) is 10.0 Å². The molecular weight excluding hydrogens is 224 g/mol. The molecule has 0 aliphatic carbocycles. The van der Waals surface area contributed by atoms with Gasteiger partial charge in [-0.15, -0.1) is 12.4 Å². The highest BCUT2D eigenvalue weighted by atomic mass is 35.5. The molecule has 1 rings (SSSR count). The van der Waals surface area contributed by atoms with E-state index < -0.39 is 10.0 Å². The zero-order valence-electron chi connectivity index (χ0n) is 8.69. The summed E-state index contributed by atoms with van der Waals surface area (Å²) in [7, 11) is -3.02. The van der Waals surface area contributed by atoms with E-state index in [0.717, 1.165) is 25.9 Å². The lowest BCUT2D eigenvalue weighted by molar-refractivity contribution is 0.337. The summed E-state index contributed by atoms with van der Waals surface area (Å²) in [5.41, 5.74) is 0. The minimum absolute atomic E-state index is 0. The van der Waals surface area contributed by atoms with Crippen LogP contribution < -0.4 is 5.32 Å². The fourth-order valence-electron chi connectivity index (χ4n) is 1.72. The monoisotopic (exact) mass is 242 g/mol. The first-order valence-electron chi connectivity index (χ1n) is 4.73. The number of nitrogens with zero attached hydrogens (tertiary/aromatic N) is 1. The molecule has 0 aromatic rings. The lowest BCUT2D eigenvalue weighted by Gasteiger charge is -2.25. The van der Waals surface area contributed by atoms with Crippen LogP contribution in [0.25, 0.3) is 0 Å². The highest BCUT2D eigenvalue weighted by Crippen LogP contribution is 2.12. The van der Waals surface area contributed by atoms with E-state index >= 15 is 0 Å². The first-order valence-corrected chi connectivity index (χ1v) is 6.58. The molecular formula is C8H19ClN2O2S. The van der Waals surface area contributed by atoms with Crippen LogP contribution in [0.5, 0.6) is 0 Å². The van der Waals surface area contributed by atoms with Gasteiger partial charge in [0.1, 0.15) is 0 Å². The number of halogens is 1. The van der Waals surface area contributed by atoms with Gasteiger partial charge in [-0.2, -0.15) is 4.31 Å². The second-order valence-corrected chi connectivity index (χ2v) is 5.46. The maximum Gasteiger partial charge on any atom is 0.211 e. The summed E-state index contributed by atoms with van der Waals surface area (Å²) < 4.78 is 24.4. The van der Waals surface area contributed by atoms with Crippen LogP contribution in [0.3, 0.4) is 0 Å². The van der Waals surface area contributed by atoms with E-state index in [1.54, 1.807) is 4.31 Å². The molecule has 1 saturated heterocycles. The van der Waals surface area contributed by atoms with Crippen LogP contribution in [0.2, 0.25) is 0 Å². The lowest BCUT2D eigenvalue weighted by Crippen LogP contribution is -2.41. The van der Waals surface area contributed by atoms with Crippen LogP contribution in [0.1, 0.15) is 19.8 Å². The summed E-state index contributed by atoms with van der Waals surface area (Å²) in [4.78, 5) is 0. The van der Waals surface area contributed by atoms with Crippen LogP contribution in [0, 0.1) is 0 Å². The lowest BCUT2D eigenvalue weighted by atomic mass is 10.2. The summed E-state index contributed by atoms with van der Waals surface area (Å²) in [6, 6.07) is 0.176. The van der Waals surface area contributed by atoms with Crippen molar-refractivity contribution in [3.63, 3.8) is 0 Å². The van der Waals surface area contributed by atoms with Gasteiger partial charge in [-0.1, -0.05) is 6.92 Å². The third-order valence-corrected chi connectivity index (χ3v) is 3.64. The van der Waals surface area contributed by atoms with Crippen LogP contribution in [-0.4, -0.2) is 44.7 Å². The topological polar surface area (TPSA) is 49.4 Å². The van der Waals surface area contributed by atoms with Crippen molar-refractivity contribution in [2.24, 2.45) is 0 Å². The highest BCUT2D eigenvalue weighted by molar-refractivity contribution is 7.88. The molecule has 1 aliphatic heterocycles. The van der Waals surface area contributed by atoms with Gasteiger partial charge >= 0.3 is 0 Å². The van der Waals surface area contributed by atoms with Gasteiger partial charge in [0.2, 0.25) is 10.0 Å². The quantitative estimate of drug-likeness (QED) is 0.779. The summed E-state index contributed by atoms with van der Waals surface area (Å²) in [6.07, 6.45) is 3.11. The zero-order valence-corrected chi connectivity index (χ0v) is 10.3. The van der Waals surface area contributed by atoms with Crippen molar-refractivity contribution in [2.75, 3.05) is 25.9 Å². The van der Waals surface area contributed by atoms with Gasteiger partial charge in [-0.05, 0) is 19.4 Å². The minimum atomic E-state index is -3.02. The molecule has 1 fully saturated rings. The van der Waals surface area contributed by atoms with Gasteiger partial charge in [-0.3, -0.25) is 0 Å². The summed E-state index contributed by atoms with van der Waals surface area (Å²) >= 11 is 0. The average Bonchev–Trinajstić information content (AvgIpc) is 2.49. The second kappa shape index (κ2) is 5.90. The van der Waals surface area contributed by atoms with Crippen molar-refractivity contribution in [3.05, 3.63) is 0 Å². The molecule has 4 nitrogen and oxygen atoms in total. The molecule has 1 atom stereocenters. The molecule has 86 valence electrons. The van der Waals surface area contributed by atoms with Crippen molar-refractivity contribution >= 4 is 22.4 Å². The average molecular weight is 243 g/mol. The second-order valence-electron chi connectivity index (χ2n) is 3.52. The third kappa shape index (κ3) is 3.73. The molecule has 0 saturated carbocycles. The van der Waals surface area contributed by atoms with Crippen molar-refractivity contribution in [3.8, 4) is 0 Å². The Bertz CT molecular complexity index is 250. The number of rotatable bonds is 4. The third-order valence-electron chi connectivity index (χ3n) is 2.31. The maximum atomic E-state index is 11.4. The Labute approximate surface area is 92.5 Å². The number of hydrogen-bond donors (Lipinski definition) is 1. The molecule has 6 heteroatoms. The van der Waals surface area contributed by atoms with Crippen molar-refractivity contribution in [1.82, 2.24) is 9.62 Å². The van der Waals surface area contributed by atoms with Crippen LogP contribution in [0.4, 0.5) is 0 Å². The van der Waals surface area contributed by atoms with Crippen molar-refractivity contribution in [2.45, 2.75) is 25.8 Å². The van der Waals surface area contributed by atoms with E-state index in [2.05, 4.69) is 5.32 Å².